The van der Waals surface area contributed by atoms with Crippen LogP contribution in [0.2, 0.25) is 0 Å². The smallest absolute Gasteiger partial charge is 0.265 e. The predicted octanol–water partition coefficient (Wildman–Crippen LogP) is 2.95. The molecule has 1 atom stereocenters. The zero-order valence-corrected chi connectivity index (χ0v) is 10.9. The lowest BCUT2D eigenvalue weighted by molar-refractivity contribution is 0.152. The van der Waals surface area contributed by atoms with Gasteiger partial charge < -0.3 is 15.7 Å². The molecule has 0 bridgehead atoms. The molecule has 1 aliphatic heterocycles. The number of alkyl halides is 2. The topological polar surface area (TPSA) is 49.5 Å². The average Bonchev–Trinajstić information content (AvgIpc) is 2.84. The summed E-state index contributed by atoms with van der Waals surface area (Å²) in [6, 6.07) is 4.96. The first-order chi connectivity index (χ1) is 9.13. The highest BCUT2D eigenvalue weighted by Crippen LogP contribution is 2.36. The van der Waals surface area contributed by atoms with Crippen molar-refractivity contribution < 1.29 is 13.9 Å². The second-order valence-electron chi connectivity index (χ2n) is 4.97. The molecule has 0 amide bonds. The molecule has 1 heterocycles. The largest absolute Gasteiger partial charge is 0.399 e. The van der Waals surface area contributed by atoms with Crippen LogP contribution in [0.15, 0.2) is 18.2 Å². The molecule has 1 unspecified atom stereocenters. The first kappa shape index (κ1) is 14.1. The molecule has 0 aromatic heterocycles. The maximum atomic E-state index is 13.1. The van der Waals surface area contributed by atoms with Gasteiger partial charge >= 0.3 is 0 Å². The van der Waals surface area contributed by atoms with Crippen LogP contribution in [0.1, 0.15) is 37.7 Å². The molecule has 1 aromatic carbocycles. The summed E-state index contributed by atoms with van der Waals surface area (Å²) >= 11 is 0. The summed E-state index contributed by atoms with van der Waals surface area (Å²) in [7, 11) is 0. The Balaban J connectivity index is 2.24. The van der Waals surface area contributed by atoms with Crippen LogP contribution in [-0.4, -0.2) is 24.3 Å². The fourth-order valence-corrected chi connectivity index (χ4v) is 2.79. The zero-order valence-electron chi connectivity index (χ0n) is 10.9. The number of nitrogens with zero attached hydrogens (tertiary/aromatic N) is 1. The Morgan fingerprint density at radius 2 is 2.21 bits per heavy atom. The van der Waals surface area contributed by atoms with Gasteiger partial charge in [0, 0.05) is 36.1 Å². The Morgan fingerprint density at radius 3 is 2.89 bits per heavy atom. The van der Waals surface area contributed by atoms with Gasteiger partial charge in [0.25, 0.3) is 6.43 Å². The zero-order chi connectivity index (χ0) is 13.8. The monoisotopic (exact) mass is 270 g/mol. The van der Waals surface area contributed by atoms with E-state index in [1.54, 1.807) is 12.1 Å². The molecule has 3 N–H and O–H groups in total. The van der Waals surface area contributed by atoms with Gasteiger partial charge in [-0.15, -0.1) is 0 Å². The Labute approximate surface area is 112 Å². The molecule has 19 heavy (non-hydrogen) atoms. The van der Waals surface area contributed by atoms with E-state index >= 15 is 0 Å². The number of hydrogen-bond donors (Lipinski definition) is 2. The maximum Gasteiger partial charge on any atom is 0.265 e. The molecule has 1 aromatic rings. The molecule has 5 heteroatoms. The normalized spacial score (nSPS) is 19.4. The quantitative estimate of drug-likeness (QED) is 0.809. The summed E-state index contributed by atoms with van der Waals surface area (Å²) in [5.74, 6) is 0. The number of hydrogen-bond acceptors (Lipinski definition) is 3. The van der Waals surface area contributed by atoms with E-state index in [9.17, 15) is 8.78 Å². The van der Waals surface area contributed by atoms with Crippen molar-refractivity contribution in [2.45, 2.75) is 38.2 Å². The lowest BCUT2D eigenvalue weighted by Gasteiger charge is -2.29. The van der Waals surface area contributed by atoms with Gasteiger partial charge in [-0.3, -0.25) is 0 Å². The molecular formula is C14H20F2N2O. The molecule has 2 rings (SSSR count). The lowest BCUT2D eigenvalue weighted by atomic mass is 10.1. The summed E-state index contributed by atoms with van der Waals surface area (Å²) < 4.78 is 26.2. The molecule has 0 spiro atoms. The molecule has 0 aliphatic carbocycles. The van der Waals surface area contributed by atoms with E-state index in [1.807, 2.05) is 4.90 Å². The van der Waals surface area contributed by atoms with Crippen molar-refractivity contribution in [2.24, 2.45) is 0 Å². The van der Waals surface area contributed by atoms with E-state index in [0.29, 0.717) is 17.8 Å². The third-order valence-electron chi connectivity index (χ3n) is 3.67. The molecule has 0 radical (unpaired) electrons. The van der Waals surface area contributed by atoms with Gasteiger partial charge in [-0.25, -0.2) is 8.78 Å². The van der Waals surface area contributed by atoms with Crippen molar-refractivity contribution in [3.05, 3.63) is 23.8 Å². The summed E-state index contributed by atoms with van der Waals surface area (Å²) in [6.45, 7) is 0.938. The van der Waals surface area contributed by atoms with E-state index in [0.717, 1.165) is 25.8 Å². The van der Waals surface area contributed by atoms with Gasteiger partial charge in [-0.2, -0.15) is 0 Å². The van der Waals surface area contributed by atoms with E-state index in [2.05, 4.69) is 0 Å². The van der Waals surface area contributed by atoms with Gasteiger partial charge in [0.1, 0.15) is 0 Å². The van der Waals surface area contributed by atoms with E-state index in [1.165, 1.54) is 6.07 Å². The summed E-state index contributed by atoms with van der Waals surface area (Å²) in [5.41, 5.74) is 6.56. The van der Waals surface area contributed by atoms with Crippen LogP contribution in [0.25, 0.3) is 0 Å². The molecule has 3 nitrogen and oxygen atoms in total. The van der Waals surface area contributed by atoms with Crippen molar-refractivity contribution in [1.29, 1.82) is 0 Å². The molecule has 1 fully saturated rings. The first-order valence-electron chi connectivity index (χ1n) is 6.68. The number of aliphatic hydroxyl groups excluding tert-OH is 1. The number of nitrogen functional groups attached to an aromatic ring is 1. The van der Waals surface area contributed by atoms with Gasteiger partial charge in [-0.05, 0) is 43.9 Å². The average molecular weight is 270 g/mol. The minimum absolute atomic E-state index is 0.0101. The van der Waals surface area contributed by atoms with Crippen LogP contribution in [0.4, 0.5) is 20.2 Å². The van der Waals surface area contributed by atoms with Crippen molar-refractivity contribution in [3.8, 4) is 0 Å². The summed E-state index contributed by atoms with van der Waals surface area (Å²) in [4.78, 5) is 2.04. The molecule has 106 valence electrons. The Hall–Kier alpha value is -1.36. The maximum absolute atomic E-state index is 13.1. The van der Waals surface area contributed by atoms with E-state index < -0.39 is 6.43 Å². The minimum atomic E-state index is -2.52. The second-order valence-corrected chi connectivity index (χ2v) is 4.97. The number of benzene rings is 1. The Morgan fingerprint density at radius 1 is 1.42 bits per heavy atom. The van der Waals surface area contributed by atoms with Gasteiger partial charge in [0.2, 0.25) is 0 Å². The number of aliphatic hydroxyl groups is 1. The highest BCUT2D eigenvalue weighted by Gasteiger charge is 2.27. The van der Waals surface area contributed by atoms with Gasteiger partial charge in [-0.1, -0.05) is 0 Å². The minimum Gasteiger partial charge on any atom is -0.399 e. The second kappa shape index (κ2) is 6.19. The van der Waals surface area contributed by atoms with Crippen LogP contribution < -0.4 is 10.6 Å². The summed E-state index contributed by atoms with van der Waals surface area (Å²) in [5, 5.41) is 8.91. The highest BCUT2D eigenvalue weighted by molar-refractivity contribution is 5.61. The van der Waals surface area contributed by atoms with Crippen LogP contribution in [-0.2, 0) is 0 Å². The van der Waals surface area contributed by atoms with Crippen LogP contribution in [0, 0.1) is 0 Å². The Kier molecular flexibility index (Phi) is 4.58. The SMILES string of the molecule is Nc1ccc(N2CCCC2CCCO)c(C(F)F)c1. The number of nitrogens with two attached hydrogens (primary N) is 1. The van der Waals surface area contributed by atoms with E-state index in [-0.39, 0.29) is 18.2 Å². The molecular weight excluding hydrogens is 250 g/mol. The standard InChI is InChI=1S/C14H20F2N2O/c15-14(16)12-9-10(17)5-6-13(12)18-7-1-3-11(18)4-2-8-19/h5-6,9,11,14,19H,1-4,7-8,17H2. The van der Waals surface area contributed by atoms with Gasteiger partial charge in [0.05, 0.1) is 0 Å². The van der Waals surface area contributed by atoms with Crippen molar-refractivity contribution in [1.82, 2.24) is 0 Å². The number of rotatable bonds is 5. The Bertz CT molecular complexity index is 426. The third-order valence-corrected chi connectivity index (χ3v) is 3.67. The van der Waals surface area contributed by atoms with Crippen molar-refractivity contribution in [2.75, 3.05) is 23.8 Å². The van der Waals surface area contributed by atoms with Crippen LogP contribution in [0.5, 0.6) is 0 Å². The van der Waals surface area contributed by atoms with Crippen molar-refractivity contribution >= 4 is 11.4 Å². The van der Waals surface area contributed by atoms with Crippen LogP contribution in [0.3, 0.4) is 0 Å². The fraction of sp³-hybridized carbons (Fsp3) is 0.571. The molecule has 1 aliphatic rings. The predicted molar refractivity (Wildman–Crippen MR) is 72.5 cm³/mol. The summed E-state index contributed by atoms with van der Waals surface area (Å²) in [6.07, 6.45) is 1.03. The molecule has 0 saturated carbocycles. The lowest BCUT2D eigenvalue weighted by Crippen LogP contribution is -2.30. The number of halogens is 2. The third kappa shape index (κ3) is 3.15. The van der Waals surface area contributed by atoms with E-state index in [4.69, 9.17) is 10.8 Å². The van der Waals surface area contributed by atoms with Crippen LogP contribution >= 0.6 is 0 Å². The van der Waals surface area contributed by atoms with Crippen molar-refractivity contribution in [3.63, 3.8) is 0 Å². The highest BCUT2D eigenvalue weighted by atomic mass is 19.3. The fourth-order valence-electron chi connectivity index (χ4n) is 2.79. The molecule has 1 saturated heterocycles. The van der Waals surface area contributed by atoms with Gasteiger partial charge in [0.15, 0.2) is 0 Å². The number of anilines is 2. The first-order valence-corrected chi connectivity index (χ1v) is 6.68.